The molecular weight excluding hydrogens is 380 g/mol. The van der Waals surface area contributed by atoms with Crippen molar-refractivity contribution in [3.63, 3.8) is 0 Å². The number of hydrogen-bond donors (Lipinski definition) is 2. The number of aliphatic hydroxyl groups excluding tert-OH is 1. The highest BCUT2D eigenvalue weighted by Gasteiger charge is 2.36. The second-order valence-corrected chi connectivity index (χ2v) is 8.11. The number of carbonyl (C=O) groups is 3. The molecule has 30 heavy (non-hydrogen) atoms. The monoisotopic (exact) mass is 406 g/mol. The number of aliphatic hydroxyl groups is 1. The minimum absolute atomic E-state index is 0.0982. The Balaban J connectivity index is 1.86. The largest absolute Gasteiger partial charge is 0.395 e. The lowest BCUT2D eigenvalue weighted by Crippen LogP contribution is -2.47. The van der Waals surface area contributed by atoms with Crippen molar-refractivity contribution in [2.24, 2.45) is 0 Å². The van der Waals surface area contributed by atoms with E-state index < -0.39 is 0 Å². The summed E-state index contributed by atoms with van der Waals surface area (Å²) in [5.41, 5.74) is 1.92. The highest BCUT2D eigenvalue weighted by molar-refractivity contribution is 6.31. The molecule has 6 heteroatoms. The highest BCUT2D eigenvalue weighted by Crippen LogP contribution is 2.36. The molecule has 0 saturated carbocycles. The molecule has 1 amide bonds. The molecule has 2 N–H and O–H groups in total. The van der Waals surface area contributed by atoms with Gasteiger partial charge in [-0.05, 0) is 45.2 Å². The van der Waals surface area contributed by atoms with E-state index in [2.05, 4.69) is 5.32 Å². The Bertz CT molecular complexity index is 1020. The average Bonchev–Trinajstić information content (AvgIpc) is 2.75. The summed E-state index contributed by atoms with van der Waals surface area (Å²) in [6, 6.07) is 10.2. The molecule has 0 radical (unpaired) electrons. The van der Waals surface area contributed by atoms with Crippen molar-refractivity contribution in [1.82, 2.24) is 4.90 Å². The van der Waals surface area contributed by atoms with Gasteiger partial charge in [0.15, 0.2) is 11.6 Å². The summed E-state index contributed by atoms with van der Waals surface area (Å²) in [5, 5.41) is 12.4. The number of rotatable bonds is 4. The van der Waals surface area contributed by atoms with Gasteiger partial charge in [0.25, 0.3) is 5.91 Å². The van der Waals surface area contributed by atoms with Crippen molar-refractivity contribution >= 4 is 23.2 Å². The molecule has 4 rings (SSSR count). The normalized spacial score (nSPS) is 20.6. The Morgan fingerprint density at radius 2 is 1.63 bits per heavy atom. The fourth-order valence-electron chi connectivity index (χ4n) is 4.69. The second kappa shape index (κ2) is 8.03. The van der Waals surface area contributed by atoms with E-state index in [0.717, 1.165) is 19.3 Å². The molecule has 1 fully saturated rings. The third-order valence-electron chi connectivity index (χ3n) is 6.17. The van der Waals surface area contributed by atoms with Crippen LogP contribution in [-0.4, -0.2) is 52.7 Å². The predicted molar refractivity (Wildman–Crippen MR) is 114 cm³/mol. The van der Waals surface area contributed by atoms with Crippen LogP contribution in [-0.2, 0) is 0 Å². The molecule has 1 saturated heterocycles. The third-order valence-corrected chi connectivity index (χ3v) is 6.17. The summed E-state index contributed by atoms with van der Waals surface area (Å²) < 4.78 is 0. The summed E-state index contributed by atoms with van der Waals surface area (Å²) in [6.45, 7) is 4.09. The van der Waals surface area contributed by atoms with Crippen LogP contribution < -0.4 is 5.32 Å². The molecule has 2 aliphatic rings. The zero-order chi connectivity index (χ0) is 21.4. The number of benzene rings is 2. The first-order valence-electron chi connectivity index (χ1n) is 10.5. The molecule has 1 heterocycles. The van der Waals surface area contributed by atoms with Crippen LogP contribution in [0.3, 0.4) is 0 Å². The molecule has 0 bridgehead atoms. The zero-order valence-corrected chi connectivity index (χ0v) is 17.3. The van der Waals surface area contributed by atoms with Crippen LogP contribution in [0.25, 0.3) is 0 Å². The van der Waals surface area contributed by atoms with Crippen molar-refractivity contribution in [2.45, 2.75) is 45.2 Å². The lowest BCUT2D eigenvalue weighted by Gasteiger charge is -2.39. The first kappa shape index (κ1) is 20.3. The number of anilines is 1. The van der Waals surface area contributed by atoms with E-state index in [-0.39, 0.29) is 53.8 Å². The van der Waals surface area contributed by atoms with Gasteiger partial charge in [0.1, 0.15) is 0 Å². The summed E-state index contributed by atoms with van der Waals surface area (Å²) in [4.78, 5) is 41.8. The lowest BCUT2D eigenvalue weighted by atomic mass is 9.81. The van der Waals surface area contributed by atoms with E-state index in [4.69, 9.17) is 0 Å². The number of nitrogens with zero attached hydrogens (tertiary/aromatic N) is 1. The van der Waals surface area contributed by atoms with Gasteiger partial charge >= 0.3 is 0 Å². The number of hydrogen-bond acceptors (Lipinski definition) is 5. The Morgan fingerprint density at radius 3 is 2.27 bits per heavy atom. The molecule has 2 aromatic carbocycles. The van der Waals surface area contributed by atoms with Gasteiger partial charge in [-0.25, -0.2) is 0 Å². The number of amides is 1. The highest BCUT2D eigenvalue weighted by atomic mass is 16.3. The van der Waals surface area contributed by atoms with Gasteiger partial charge in [-0.3, -0.25) is 14.4 Å². The molecule has 0 aromatic heterocycles. The quantitative estimate of drug-likeness (QED) is 0.694. The van der Waals surface area contributed by atoms with E-state index in [1.54, 1.807) is 36.4 Å². The molecule has 2 atom stereocenters. The van der Waals surface area contributed by atoms with E-state index in [0.29, 0.717) is 22.4 Å². The van der Waals surface area contributed by atoms with Crippen LogP contribution in [0, 0.1) is 0 Å². The lowest BCUT2D eigenvalue weighted by molar-refractivity contribution is 0.0511. The van der Waals surface area contributed by atoms with Gasteiger partial charge in [-0.2, -0.15) is 0 Å². The Morgan fingerprint density at radius 1 is 1.00 bits per heavy atom. The summed E-state index contributed by atoms with van der Waals surface area (Å²) >= 11 is 0. The standard InChI is InChI=1S/C24H26N2O4/c1-14-6-5-7-15(2)26(14)24(30)19-11-10-18-20(21(19)25-12-13-27)23(29)17-9-4-3-8-16(17)22(18)28/h3-4,8-11,14-15,25,27H,5-7,12-13H2,1-2H3. The molecule has 2 aromatic rings. The van der Waals surface area contributed by atoms with Crippen LogP contribution in [0.2, 0.25) is 0 Å². The fraction of sp³-hybridized carbons (Fsp3) is 0.375. The van der Waals surface area contributed by atoms with Crippen molar-refractivity contribution < 1.29 is 19.5 Å². The number of nitrogens with one attached hydrogen (secondary N) is 1. The molecule has 1 aliphatic carbocycles. The number of piperidine rings is 1. The van der Waals surface area contributed by atoms with Gasteiger partial charge in [0, 0.05) is 35.3 Å². The zero-order valence-electron chi connectivity index (χ0n) is 17.3. The smallest absolute Gasteiger partial charge is 0.256 e. The van der Waals surface area contributed by atoms with Crippen molar-refractivity contribution in [2.75, 3.05) is 18.5 Å². The maximum atomic E-state index is 13.6. The molecule has 0 spiro atoms. The molecule has 156 valence electrons. The molecule has 6 nitrogen and oxygen atoms in total. The average molecular weight is 406 g/mol. The maximum Gasteiger partial charge on any atom is 0.256 e. The van der Waals surface area contributed by atoms with Crippen molar-refractivity contribution in [3.8, 4) is 0 Å². The number of likely N-dealkylation sites (tertiary alicyclic amines) is 1. The Kier molecular flexibility index (Phi) is 5.43. The first-order chi connectivity index (χ1) is 14.5. The predicted octanol–water partition coefficient (Wildman–Crippen LogP) is 3.27. The number of fused-ring (bicyclic) bond motifs is 2. The maximum absolute atomic E-state index is 13.6. The van der Waals surface area contributed by atoms with Crippen LogP contribution in [0.4, 0.5) is 5.69 Å². The topological polar surface area (TPSA) is 86.7 Å². The SMILES string of the molecule is CC1CCCC(C)N1C(=O)c1ccc2c(c1NCCO)C(=O)c1ccccc1C2=O. The number of carbonyl (C=O) groups excluding carboxylic acids is 3. The summed E-state index contributed by atoms with van der Waals surface area (Å²) in [5.74, 6) is -0.668. The van der Waals surface area contributed by atoms with Gasteiger partial charge in [0.2, 0.25) is 0 Å². The third kappa shape index (κ3) is 3.21. The second-order valence-electron chi connectivity index (χ2n) is 8.11. The number of ketones is 2. The van der Waals surface area contributed by atoms with E-state index in [1.807, 2.05) is 18.7 Å². The van der Waals surface area contributed by atoms with E-state index in [9.17, 15) is 19.5 Å². The molecule has 2 unspecified atom stereocenters. The molecular formula is C24H26N2O4. The molecule has 1 aliphatic heterocycles. The van der Waals surface area contributed by atoms with E-state index >= 15 is 0 Å². The van der Waals surface area contributed by atoms with Crippen LogP contribution in [0.5, 0.6) is 0 Å². The van der Waals surface area contributed by atoms with Crippen LogP contribution in [0.1, 0.15) is 75.3 Å². The summed E-state index contributed by atoms with van der Waals surface area (Å²) in [6.07, 6.45) is 2.95. The van der Waals surface area contributed by atoms with Gasteiger partial charge in [0.05, 0.1) is 23.4 Å². The van der Waals surface area contributed by atoms with Crippen LogP contribution >= 0.6 is 0 Å². The minimum atomic E-state index is -0.282. The summed E-state index contributed by atoms with van der Waals surface area (Å²) in [7, 11) is 0. The van der Waals surface area contributed by atoms with Crippen LogP contribution in [0.15, 0.2) is 36.4 Å². The van der Waals surface area contributed by atoms with Gasteiger partial charge in [-0.1, -0.05) is 24.3 Å². The Labute approximate surface area is 175 Å². The van der Waals surface area contributed by atoms with E-state index in [1.165, 1.54) is 0 Å². The van der Waals surface area contributed by atoms with Gasteiger partial charge in [-0.15, -0.1) is 0 Å². The fourth-order valence-corrected chi connectivity index (χ4v) is 4.69. The van der Waals surface area contributed by atoms with Crippen molar-refractivity contribution in [1.29, 1.82) is 0 Å². The Hall–Kier alpha value is -2.99. The first-order valence-corrected chi connectivity index (χ1v) is 10.5. The van der Waals surface area contributed by atoms with Gasteiger partial charge < -0.3 is 15.3 Å². The minimum Gasteiger partial charge on any atom is -0.395 e. The van der Waals surface area contributed by atoms with Crippen molar-refractivity contribution in [3.05, 3.63) is 64.2 Å².